The van der Waals surface area contributed by atoms with Gasteiger partial charge in [0.2, 0.25) is 5.91 Å². The van der Waals surface area contributed by atoms with Gasteiger partial charge in [-0.1, -0.05) is 12.1 Å². The molecule has 2 aromatic rings. The van der Waals surface area contributed by atoms with Crippen LogP contribution in [0.3, 0.4) is 0 Å². The summed E-state index contributed by atoms with van der Waals surface area (Å²) in [6, 6.07) is 13.4. The Balaban J connectivity index is 1.74. The van der Waals surface area contributed by atoms with E-state index in [9.17, 15) is 9.59 Å². The summed E-state index contributed by atoms with van der Waals surface area (Å²) < 4.78 is 11.1. The van der Waals surface area contributed by atoms with Gasteiger partial charge in [-0.2, -0.15) is 0 Å². The first-order valence-electron chi connectivity index (χ1n) is 8.08. The summed E-state index contributed by atoms with van der Waals surface area (Å²) >= 11 is 0. The van der Waals surface area contributed by atoms with Crippen LogP contribution < -0.4 is 14.8 Å². The number of carboxylic acids is 1. The summed E-state index contributed by atoms with van der Waals surface area (Å²) in [4.78, 5) is 22.7. The lowest BCUT2D eigenvalue weighted by atomic mass is 10.2. The third kappa shape index (κ3) is 5.84. The number of benzene rings is 2. The van der Waals surface area contributed by atoms with Gasteiger partial charge in [0.25, 0.3) is 0 Å². The number of carbonyl (C=O) groups excluding carboxylic acids is 1. The summed E-state index contributed by atoms with van der Waals surface area (Å²) in [6.45, 7) is 2.86. The molecular weight excluding hydrogens is 322 g/mol. The Kier molecular flexibility index (Phi) is 6.83. The van der Waals surface area contributed by atoms with E-state index in [1.165, 1.54) is 12.1 Å². The van der Waals surface area contributed by atoms with E-state index in [2.05, 4.69) is 5.32 Å². The van der Waals surface area contributed by atoms with E-state index >= 15 is 0 Å². The highest BCUT2D eigenvalue weighted by Crippen LogP contribution is 2.26. The number of rotatable bonds is 9. The molecule has 1 amide bonds. The molecule has 0 spiro atoms. The van der Waals surface area contributed by atoms with Crippen LogP contribution in [0.25, 0.3) is 0 Å². The van der Waals surface area contributed by atoms with Gasteiger partial charge in [-0.15, -0.1) is 0 Å². The van der Waals surface area contributed by atoms with Crippen molar-refractivity contribution >= 4 is 17.6 Å². The number of anilines is 1. The van der Waals surface area contributed by atoms with Crippen LogP contribution in [0.15, 0.2) is 48.5 Å². The first-order valence-corrected chi connectivity index (χ1v) is 8.08. The zero-order valence-corrected chi connectivity index (χ0v) is 14.0. The maximum Gasteiger partial charge on any atom is 0.335 e. The third-order valence-corrected chi connectivity index (χ3v) is 3.37. The number of para-hydroxylation sites is 2. The summed E-state index contributed by atoms with van der Waals surface area (Å²) in [5.41, 5.74) is 0.747. The highest BCUT2D eigenvalue weighted by atomic mass is 16.5. The molecule has 0 radical (unpaired) electrons. The molecule has 132 valence electrons. The van der Waals surface area contributed by atoms with E-state index in [0.717, 1.165) is 0 Å². The summed E-state index contributed by atoms with van der Waals surface area (Å²) in [7, 11) is 0. The van der Waals surface area contributed by atoms with Crippen molar-refractivity contribution in [3.63, 3.8) is 0 Å². The van der Waals surface area contributed by atoms with Crippen LogP contribution >= 0.6 is 0 Å². The maximum atomic E-state index is 11.9. The molecule has 0 aliphatic rings. The highest BCUT2D eigenvalue weighted by molar-refractivity contribution is 5.92. The predicted octanol–water partition coefficient (Wildman–Crippen LogP) is 3.58. The third-order valence-electron chi connectivity index (χ3n) is 3.37. The summed E-state index contributed by atoms with van der Waals surface area (Å²) in [5, 5.41) is 11.6. The Morgan fingerprint density at radius 3 is 2.24 bits per heavy atom. The molecule has 0 aliphatic carbocycles. The van der Waals surface area contributed by atoms with Gasteiger partial charge in [-0.3, -0.25) is 4.79 Å². The molecule has 0 fully saturated rings. The smallest absolute Gasteiger partial charge is 0.335 e. The van der Waals surface area contributed by atoms with Crippen molar-refractivity contribution in [1.29, 1.82) is 0 Å². The lowest BCUT2D eigenvalue weighted by Gasteiger charge is -2.11. The Morgan fingerprint density at radius 1 is 1.00 bits per heavy atom. The Bertz CT molecular complexity index is 712. The van der Waals surface area contributed by atoms with E-state index in [1.807, 2.05) is 31.2 Å². The fourth-order valence-electron chi connectivity index (χ4n) is 2.18. The zero-order valence-electron chi connectivity index (χ0n) is 14.0. The lowest BCUT2D eigenvalue weighted by molar-refractivity contribution is -0.116. The molecule has 2 aromatic carbocycles. The van der Waals surface area contributed by atoms with Gasteiger partial charge in [0.1, 0.15) is 0 Å². The second kappa shape index (κ2) is 9.32. The van der Waals surface area contributed by atoms with Gasteiger partial charge in [-0.05, 0) is 49.7 Å². The van der Waals surface area contributed by atoms with Crippen LogP contribution in [0.5, 0.6) is 11.5 Å². The van der Waals surface area contributed by atoms with Crippen molar-refractivity contribution in [2.45, 2.75) is 19.8 Å². The fraction of sp³-hybridized carbons (Fsp3) is 0.263. The second-order valence-electron chi connectivity index (χ2n) is 5.26. The van der Waals surface area contributed by atoms with E-state index in [4.69, 9.17) is 14.6 Å². The van der Waals surface area contributed by atoms with Crippen LogP contribution in [0.2, 0.25) is 0 Å². The van der Waals surface area contributed by atoms with Crippen molar-refractivity contribution in [3.8, 4) is 11.5 Å². The quantitative estimate of drug-likeness (QED) is 0.680. The number of nitrogens with one attached hydrogen (secondary N) is 1. The van der Waals surface area contributed by atoms with E-state index in [0.29, 0.717) is 43.2 Å². The van der Waals surface area contributed by atoms with Crippen molar-refractivity contribution < 1.29 is 24.2 Å². The average Bonchev–Trinajstić information content (AvgIpc) is 2.61. The van der Waals surface area contributed by atoms with Crippen molar-refractivity contribution in [2.75, 3.05) is 18.5 Å². The van der Waals surface area contributed by atoms with Crippen LogP contribution in [0.4, 0.5) is 5.69 Å². The number of carbonyl (C=O) groups is 2. The van der Waals surface area contributed by atoms with Crippen LogP contribution in [0.1, 0.15) is 30.1 Å². The van der Waals surface area contributed by atoms with Gasteiger partial charge in [0, 0.05) is 12.1 Å². The number of aromatic carboxylic acids is 1. The van der Waals surface area contributed by atoms with Crippen LogP contribution in [-0.4, -0.2) is 30.2 Å². The van der Waals surface area contributed by atoms with Gasteiger partial charge in [0.15, 0.2) is 11.5 Å². The molecular formula is C19H21NO5. The van der Waals surface area contributed by atoms with Crippen LogP contribution in [-0.2, 0) is 4.79 Å². The largest absolute Gasteiger partial charge is 0.490 e. The highest BCUT2D eigenvalue weighted by Gasteiger charge is 2.07. The predicted molar refractivity (Wildman–Crippen MR) is 94.4 cm³/mol. The van der Waals surface area contributed by atoms with Gasteiger partial charge in [0.05, 0.1) is 18.8 Å². The van der Waals surface area contributed by atoms with Crippen LogP contribution in [0, 0.1) is 0 Å². The van der Waals surface area contributed by atoms with Crippen molar-refractivity contribution in [3.05, 3.63) is 54.1 Å². The first-order chi connectivity index (χ1) is 12.1. The monoisotopic (exact) mass is 343 g/mol. The molecule has 6 heteroatoms. The van der Waals surface area contributed by atoms with Gasteiger partial charge >= 0.3 is 5.97 Å². The molecule has 25 heavy (non-hydrogen) atoms. The Morgan fingerprint density at radius 2 is 1.64 bits per heavy atom. The maximum absolute atomic E-state index is 11.9. The number of carboxylic acid groups (broad SMARTS) is 1. The number of hydrogen-bond donors (Lipinski definition) is 2. The van der Waals surface area contributed by atoms with E-state index < -0.39 is 5.97 Å². The SMILES string of the molecule is CCOc1ccccc1OCCCC(=O)Nc1ccc(C(=O)O)cc1. The topological polar surface area (TPSA) is 84.9 Å². The molecule has 0 aliphatic heterocycles. The molecule has 0 atom stereocenters. The molecule has 2 N–H and O–H groups in total. The first kappa shape index (κ1) is 18.3. The molecule has 0 unspecified atom stereocenters. The average molecular weight is 343 g/mol. The molecule has 0 saturated carbocycles. The standard InChI is InChI=1S/C19H21NO5/c1-2-24-16-6-3-4-7-17(16)25-13-5-8-18(21)20-15-11-9-14(10-12-15)19(22)23/h3-4,6-7,9-12H,2,5,8,13H2,1H3,(H,20,21)(H,22,23). The lowest BCUT2D eigenvalue weighted by Crippen LogP contribution is -2.13. The molecule has 6 nitrogen and oxygen atoms in total. The number of ether oxygens (including phenoxy) is 2. The second-order valence-corrected chi connectivity index (χ2v) is 5.26. The molecule has 0 bridgehead atoms. The number of hydrogen-bond acceptors (Lipinski definition) is 4. The number of amides is 1. The molecule has 0 saturated heterocycles. The van der Waals surface area contributed by atoms with E-state index in [1.54, 1.807) is 12.1 Å². The van der Waals surface area contributed by atoms with Crippen molar-refractivity contribution in [2.24, 2.45) is 0 Å². The molecule has 0 aromatic heterocycles. The summed E-state index contributed by atoms with van der Waals surface area (Å²) in [5.74, 6) is 0.203. The molecule has 0 heterocycles. The minimum atomic E-state index is -0.998. The molecule has 2 rings (SSSR count). The minimum Gasteiger partial charge on any atom is -0.490 e. The normalized spacial score (nSPS) is 10.1. The Labute approximate surface area is 146 Å². The van der Waals surface area contributed by atoms with Gasteiger partial charge < -0.3 is 19.9 Å². The Hall–Kier alpha value is -3.02. The summed E-state index contributed by atoms with van der Waals surface area (Å²) in [6.07, 6.45) is 0.858. The van der Waals surface area contributed by atoms with E-state index in [-0.39, 0.29) is 11.5 Å². The fourth-order valence-corrected chi connectivity index (χ4v) is 2.18. The van der Waals surface area contributed by atoms with Gasteiger partial charge in [-0.25, -0.2) is 4.79 Å². The minimum absolute atomic E-state index is 0.148. The zero-order chi connectivity index (χ0) is 18.1. The van der Waals surface area contributed by atoms with Crippen molar-refractivity contribution in [1.82, 2.24) is 0 Å².